The average molecular weight is 260 g/mol. The fourth-order valence-corrected chi connectivity index (χ4v) is 1.43. The molecule has 0 radical (unpaired) electrons. The second-order valence-corrected chi connectivity index (χ2v) is 5.00. The second-order valence-electron chi connectivity index (χ2n) is 5.00. The van der Waals surface area contributed by atoms with Crippen molar-refractivity contribution in [2.75, 3.05) is 19.6 Å². The number of hydrogen-bond acceptors (Lipinski definition) is 4. The Morgan fingerprint density at radius 3 is 2.39 bits per heavy atom. The topological polar surface area (TPSA) is 98.7 Å². The van der Waals surface area contributed by atoms with Crippen LogP contribution < -0.4 is 10.6 Å². The normalized spacial score (nSPS) is 13.1. The quantitative estimate of drug-likeness (QED) is 0.436. The molecule has 0 spiro atoms. The second kappa shape index (κ2) is 8.05. The van der Waals surface area contributed by atoms with Crippen LogP contribution in [0.4, 0.5) is 0 Å². The van der Waals surface area contributed by atoms with Gasteiger partial charge in [-0.25, -0.2) is 0 Å². The van der Waals surface area contributed by atoms with E-state index in [0.29, 0.717) is 6.54 Å². The summed E-state index contributed by atoms with van der Waals surface area (Å²) in [6.45, 7) is 7.00. The molecular weight excluding hydrogens is 236 g/mol. The Labute approximate surface area is 108 Å². The largest absolute Gasteiger partial charge is 0.481 e. The first kappa shape index (κ1) is 16.9. The van der Waals surface area contributed by atoms with E-state index in [1.165, 1.54) is 0 Å². The first-order valence-corrected chi connectivity index (χ1v) is 6.19. The first-order chi connectivity index (χ1) is 8.31. The highest BCUT2D eigenvalue weighted by Crippen LogP contribution is 2.19. The predicted molar refractivity (Wildman–Crippen MR) is 68.2 cm³/mol. The number of rotatable bonds is 9. The summed E-state index contributed by atoms with van der Waals surface area (Å²) in [7, 11) is 0. The summed E-state index contributed by atoms with van der Waals surface area (Å²) in [6.07, 6.45) is -0.320. The summed E-state index contributed by atoms with van der Waals surface area (Å²) >= 11 is 0. The van der Waals surface area contributed by atoms with Crippen LogP contribution in [0.25, 0.3) is 0 Å². The molecule has 0 aromatic rings. The van der Waals surface area contributed by atoms with E-state index in [-0.39, 0.29) is 13.0 Å². The summed E-state index contributed by atoms with van der Waals surface area (Å²) in [5.41, 5.74) is -0.595. The molecule has 18 heavy (non-hydrogen) atoms. The molecule has 6 nitrogen and oxygen atoms in total. The van der Waals surface area contributed by atoms with Gasteiger partial charge in [-0.15, -0.1) is 0 Å². The lowest BCUT2D eigenvalue weighted by Crippen LogP contribution is -2.48. The van der Waals surface area contributed by atoms with Crippen molar-refractivity contribution in [1.29, 1.82) is 0 Å². The van der Waals surface area contributed by atoms with Crippen LogP contribution in [0.15, 0.2) is 0 Å². The molecule has 0 unspecified atom stereocenters. The van der Waals surface area contributed by atoms with Gasteiger partial charge in [0.25, 0.3) is 0 Å². The van der Waals surface area contributed by atoms with Crippen LogP contribution in [-0.2, 0) is 9.59 Å². The van der Waals surface area contributed by atoms with Gasteiger partial charge in [0.05, 0.1) is 6.42 Å². The lowest BCUT2D eigenvalue weighted by molar-refractivity contribution is -0.137. The highest BCUT2D eigenvalue weighted by atomic mass is 16.4. The number of aliphatic hydroxyl groups is 1. The van der Waals surface area contributed by atoms with Crippen LogP contribution in [0.5, 0.6) is 0 Å². The smallest absolute Gasteiger partial charge is 0.305 e. The van der Waals surface area contributed by atoms with E-state index in [2.05, 4.69) is 10.6 Å². The van der Waals surface area contributed by atoms with Crippen LogP contribution in [0.3, 0.4) is 0 Å². The SMILES string of the molecule is CCCNCC(C)(C)[C@@H](O)C(=O)NCCC(=O)O. The van der Waals surface area contributed by atoms with Crippen molar-refractivity contribution in [3.8, 4) is 0 Å². The number of nitrogens with one attached hydrogen (secondary N) is 2. The number of carboxylic acid groups (broad SMARTS) is 1. The van der Waals surface area contributed by atoms with Crippen molar-refractivity contribution in [3.63, 3.8) is 0 Å². The summed E-state index contributed by atoms with van der Waals surface area (Å²) in [5, 5.41) is 23.9. The van der Waals surface area contributed by atoms with Crippen LogP contribution >= 0.6 is 0 Å². The van der Waals surface area contributed by atoms with Gasteiger partial charge in [-0.1, -0.05) is 20.8 Å². The molecule has 1 atom stereocenters. The third-order valence-electron chi connectivity index (χ3n) is 2.63. The number of carboxylic acids is 1. The molecule has 0 heterocycles. The van der Waals surface area contributed by atoms with E-state index in [4.69, 9.17) is 5.11 Å². The van der Waals surface area contributed by atoms with Crippen LogP contribution in [0, 0.1) is 5.41 Å². The molecule has 6 heteroatoms. The molecule has 0 aliphatic carbocycles. The van der Waals surface area contributed by atoms with Gasteiger partial charge in [-0.2, -0.15) is 0 Å². The Hall–Kier alpha value is -1.14. The number of carbonyl (C=O) groups is 2. The number of aliphatic hydroxyl groups excluding tert-OH is 1. The maximum atomic E-state index is 11.6. The van der Waals surface area contributed by atoms with Crippen molar-refractivity contribution >= 4 is 11.9 Å². The molecule has 0 aromatic heterocycles. The van der Waals surface area contributed by atoms with Gasteiger partial charge in [0.2, 0.25) is 5.91 Å². The zero-order valence-corrected chi connectivity index (χ0v) is 11.3. The lowest BCUT2D eigenvalue weighted by Gasteiger charge is -2.29. The standard InChI is InChI=1S/C12H24N2O4/c1-4-6-13-8-12(2,3)10(17)11(18)14-7-5-9(15)16/h10,13,17H,4-8H2,1-3H3,(H,14,18)(H,15,16)/t10-/m0/s1. The van der Waals surface area contributed by atoms with E-state index in [0.717, 1.165) is 13.0 Å². The fraction of sp³-hybridized carbons (Fsp3) is 0.833. The Morgan fingerprint density at radius 2 is 1.89 bits per heavy atom. The zero-order valence-electron chi connectivity index (χ0n) is 11.3. The Kier molecular flexibility index (Phi) is 7.54. The zero-order chi connectivity index (χ0) is 14.2. The van der Waals surface area contributed by atoms with Gasteiger partial charge >= 0.3 is 5.97 Å². The predicted octanol–water partition coefficient (Wildman–Crippen LogP) is -0.0360. The molecule has 0 rings (SSSR count). The average Bonchev–Trinajstić information content (AvgIpc) is 2.27. The van der Waals surface area contributed by atoms with Gasteiger partial charge in [0.1, 0.15) is 6.10 Å². The molecule has 0 aliphatic heterocycles. The van der Waals surface area contributed by atoms with Gasteiger partial charge in [0.15, 0.2) is 0 Å². The highest BCUT2D eigenvalue weighted by Gasteiger charge is 2.32. The minimum absolute atomic E-state index is 0.0314. The van der Waals surface area contributed by atoms with Crippen LogP contribution in [-0.4, -0.2) is 47.8 Å². The molecule has 0 fully saturated rings. The Bertz CT molecular complexity index is 279. The van der Waals surface area contributed by atoms with Gasteiger partial charge < -0.3 is 20.8 Å². The Balaban J connectivity index is 4.12. The molecule has 0 saturated carbocycles. The number of amides is 1. The first-order valence-electron chi connectivity index (χ1n) is 6.19. The fourth-order valence-electron chi connectivity index (χ4n) is 1.43. The summed E-state index contributed by atoms with van der Waals surface area (Å²) in [4.78, 5) is 21.9. The van der Waals surface area contributed by atoms with Gasteiger partial charge in [0, 0.05) is 18.5 Å². The van der Waals surface area contributed by atoms with Crippen molar-refractivity contribution in [3.05, 3.63) is 0 Å². The van der Waals surface area contributed by atoms with Crippen molar-refractivity contribution in [1.82, 2.24) is 10.6 Å². The highest BCUT2D eigenvalue weighted by molar-refractivity contribution is 5.81. The monoisotopic (exact) mass is 260 g/mol. The maximum Gasteiger partial charge on any atom is 0.305 e. The third kappa shape index (κ3) is 6.56. The molecule has 1 amide bonds. The molecule has 0 aromatic carbocycles. The van der Waals surface area contributed by atoms with Gasteiger partial charge in [-0.3, -0.25) is 9.59 Å². The van der Waals surface area contributed by atoms with Crippen molar-refractivity contribution in [2.45, 2.75) is 39.7 Å². The molecule has 0 bridgehead atoms. The maximum absolute atomic E-state index is 11.6. The van der Waals surface area contributed by atoms with Crippen LogP contribution in [0.2, 0.25) is 0 Å². The minimum atomic E-state index is -1.16. The molecular formula is C12H24N2O4. The van der Waals surface area contributed by atoms with Crippen molar-refractivity contribution in [2.24, 2.45) is 5.41 Å². The molecule has 0 saturated heterocycles. The molecule has 106 valence electrons. The summed E-state index contributed by atoms with van der Waals surface area (Å²) < 4.78 is 0. The summed E-state index contributed by atoms with van der Waals surface area (Å²) in [5.74, 6) is -1.51. The van der Waals surface area contributed by atoms with Gasteiger partial charge in [-0.05, 0) is 13.0 Å². The minimum Gasteiger partial charge on any atom is -0.481 e. The Morgan fingerprint density at radius 1 is 1.28 bits per heavy atom. The van der Waals surface area contributed by atoms with E-state index < -0.39 is 23.4 Å². The molecule has 0 aliphatic rings. The number of hydrogen-bond donors (Lipinski definition) is 4. The number of aliphatic carboxylic acids is 1. The van der Waals surface area contributed by atoms with E-state index >= 15 is 0 Å². The molecule has 4 N–H and O–H groups in total. The summed E-state index contributed by atoms with van der Waals surface area (Å²) in [6, 6.07) is 0. The lowest BCUT2D eigenvalue weighted by atomic mass is 9.86. The number of carbonyl (C=O) groups excluding carboxylic acids is 1. The van der Waals surface area contributed by atoms with E-state index in [1.807, 2.05) is 6.92 Å². The van der Waals surface area contributed by atoms with E-state index in [9.17, 15) is 14.7 Å². The van der Waals surface area contributed by atoms with E-state index in [1.54, 1.807) is 13.8 Å². The van der Waals surface area contributed by atoms with Crippen LogP contribution in [0.1, 0.15) is 33.6 Å². The third-order valence-corrected chi connectivity index (χ3v) is 2.63. The van der Waals surface area contributed by atoms with Crippen molar-refractivity contribution < 1.29 is 19.8 Å².